The molecule has 2 atom stereocenters. The molecule has 1 fully saturated rings. The summed E-state index contributed by atoms with van der Waals surface area (Å²) < 4.78 is 0. The van der Waals surface area contributed by atoms with Crippen LogP contribution in [0.15, 0.2) is 36.5 Å². The Hall–Kier alpha value is -2.20. The van der Waals surface area contributed by atoms with E-state index in [0.29, 0.717) is 17.5 Å². The van der Waals surface area contributed by atoms with Crippen molar-refractivity contribution in [3.8, 4) is 0 Å². The molecule has 3 aromatic rings. The van der Waals surface area contributed by atoms with E-state index in [1.807, 2.05) is 43.5 Å². The minimum Gasteiger partial charge on any atom is -0.399 e. The maximum atomic E-state index is 6.39. The zero-order valence-electron chi connectivity index (χ0n) is 12.1. The molecule has 1 aliphatic carbocycles. The fraction of sp³-hybridized carbons (Fsp3) is 0.235. The minimum absolute atomic E-state index is 0.335. The quantitative estimate of drug-likeness (QED) is 0.730. The molecular formula is C17H15ClN4. The number of aryl methyl sites for hydroxylation is 1. The van der Waals surface area contributed by atoms with Crippen LogP contribution in [-0.4, -0.2) is 15.0 Å². The minimum atomic E-state index is 0.335. The van der Waals surface area contributed by atoms with Gasteiger partial charge in [0.2, 0.25) is 0 Å². The molecule has 4 nitrogen and oxygen atoms in total. The van der Waals surface area contributed by atoms with Crippen LogP contribution in [0, 0.1) is 6.92 Å². The van der Waals surface area contributed by atoms with Gasteiger partial charge >= 0.3 is 0 Å². The molecule has 1 saturated carbocycles. The van der Waals surface area contributed by atoms with Crippen LogP contribution in [0.5, 0.6) is 0 Å². The van der Waals surface area contributed by atoms with Gasteiger partial charge in [0.25, 0.3) is 0 Å². The van der Waals surface area contributed by atoms with Crippen LogP contribution in [0.3, 0.4) is 0 Å². The normalized spacial score (nSPS) is 20.3. The number of fused-ring (bicyclic) bond motifs is 1. The lowest BCUT2D eigenvalue weighted by atomic mass is 10.1. The summed E-state index contributed by atoms with van der Waals surface area (Å²) in [6.07, 6.45) is 2.83. The number of anilines is 1. The van der Waals surface area contributed by atoms with Crippen molar-refractivity contribution in [1.29, 1.82) is 0 Å². The maximum Gasteiger partial charge on any atom is 0.132 e. The molecule has 0 spiro atoms. The summed E-state index contributed by atoms with van der Waals surface area (Å²) in [5.74, 6) is 1.57. The van der Waals surface area contributed by atoms with Gasteiger partial charge in [0, 0.05) is 40.5 Å². The Morgan fingerprint density at radius 3 is 2.82 bits per heavy atom. The summed E-state index contributed by atoms with van der Waals surface area (Å²) in [6, 6.07) is 9.49. The number of aromatic nitrogens is 3. The molecule has 4 rings (SSSR count). The molecule has 2 heterocycles. The molecule has 0 aliphatic heterocycles. The molecule has 0 radical (unpaired) electrons. The van der Waals surface area contributed by atoms with Gasteiger partial charge in [-0.15, -0.1) is 0 Å². The van der Waals surface area contributed by atoms with Gasteiger partial charge in [-0.2, -0.15) is 0 Å². The van der Waals surface area contributed by atoms with Crippen molar-refractivity contribution in [2.24, 2.45) is 0 Å². The third-order valence-electron chi connectivity index (χ3n) is 4.12. The van der Waals surface area contributed by atoms with Gasteiger partial charge in [-0.05, 0) is 43.7 Å². The molecule has 0 amide bonds. The van der Waals surface area contributed by atoms with Crippen LogP contribution in [0.25, 0.3) is 10.9 Å². The third kappa shape index (κ3) is 2.29. The Bertz CT molecular complexity index is 878. The van der Waals surface area contributed by atoms with Crippen LogP contribution in [0.4, 0.5) is 5.69 Å². The second-order valence-electron chi connectivity index (χ2n) is 5.81. The molecule has 5 heteroatoms. The highest BCUT2D eigenvalue weighted by Crippen LogP contribution is 2.53. The molecule has 0 bridgehead atoms. The number of hydrogen-bond acceptors (Lipinski definition) is 4. The number of rotatable bonds is 2. The number of hydrogen-bond donors (Lipinski definition) is 1. The molecule has 0 unspecified atom stereocenters. The van der Waals surface area contributed by atoms with Crippen molar-refractivity contribution in [2.45, 2.75) is 25.2 Å². The lowest BCUT2D eigenvalue weighted by Crippen LogP contribution is -1.96. The lowest BCUT2D eigenvalue weighted by Gasteiger charge is -2.06. The fourth-order valence-electron chi connectivity index (χ4n) is 2.87. The van der Waals surface area contributed by atoms with E-state index in [0.717, 1.165) is 39.6 Å². The monoisotopic (exact) mass is 310 g/mol. The summed E-state index contributed by atoms with van der Waals surface area (Å²) in [5, 5.41) is 1.65. The van der Waals surface area contributed by atoms with Gasteiger partial charge in [-0.3, -0.25) is 4.98 Å². The smallest absolute Gasteiger partial charge is 0.132 e. The first-order valence-electron chi connectivity index (χ1n) is 7.27. The number of nitrogens with two attached hydrogens (primary N) is 1. The van der Waals surface area contributed by atoms with Crippen molar-refractivity contribution in [2.75, 3.05) is 5.73 Å². The molecule has 0 saturated heterocycles. The standard InChI is InChI=1S/C17H15ClN4/c1-9-4-5-20-17(21-9)13-7-12(13)16-8-14(18)11-3-2-10(19)6-15(11)22-16/h2-6,8,12-13H,7,19H2,1H3/t12-,13-/m0/s1. The first-order chi connectivity index (χ1) is 10.6. The van der Waals surface area contributed by atoms with Crippen molar-refractivity contribution >= 4 is 28.2 Å². The molecule has 1 aliphatic rings. The Morgan fingerprint density at radius 1 is 1.14 bits per heavy atom. The van der Waals surface area contributed by atoms with Crippen LogP contribution < -0.4 is 5.73 Å². The van der Waals surface area contributed by atoms with E-state index in [4.69, 9.17) is 22.3 Å². The summed E-state index contributed by atoms with van der Waals surface area (Å²) in [7, 11) is 0. The van der Waals surface area contributed by atoms with E-state index in [1.165, 1.54) is 0 Å². The van der Waals surface area contributed by atoms with Gasteiger partial charge in [-0.25, -0.2) is 9.97 Å². The van der Waals surface area contributed by atoms with Gasteiger partial charge in [0.15, 0.2) is 0 Å². The van der Waals surface area contributed by atoms with Crippen LogP contribution in [0.2, 0.25) is 5.02 Å². The summed E-state index contributed by atoms with van der Waals surface area (Å²) in [6.45, 7) is 1.98. The largest absolute Gasteiger partial charge is 0.399 e. The molecule has 22 heavy (non-hydrogen) atoms. The predicted octanol–water partition coefficient (Wildman–Crippen LogP) is 3.84. The lowest BCUT2D eigenvalue weighted by molar-refractivity contribution is 0.867. The number of nitrogens with zero attached hydrogens (tertiary/aromatic N) is 3. The zero-order valence-corrected chi connectivity index (χ0v) is 12.9. The van der Waals surface area contributed by atoms with Crippen LogP contribution in [-0.2, 0) is 0 Å². The van der Waals surface area contributed by atoms with Gasteiger partial charge in [-0.1, -0.05) is 11.6 Å². The average molecular weight is 311 g/mol. The SMILES string of the molecule is Cc1ccnc([C@H]2C[C@@H]2c2cc(Cl)c3ccc(N)cc3n2)n1. The highest BCUT2D eigenvalue weighted by Gasteiger charge is 2.43. The van der Waals surface area contributed by atoms with Crippen molar-refractivity contribution in [1.82, 2.24) is 15.0 Å². The Kier molecular flexibility index (Phi) is 3.01. The number of nitrogen functional groups attached to an aromatic ring is 1. The van der Waals surface area contributed by atoms with Gasteiger partial charge in [0.1, 0.15) is 5.82 Å². The van der Waals surface area contributed by atoms with E-state index in [-0.39, 0.29) is 0 Å². The molecule has 1 aromatic carbocycles. The van der Waals surface area contributed by atoms with E-state index in [2.05, 4.69) is 9.97 Å². The number of benzene rings is 1. The summed E-state index contributed by atoms with van der Waals surface area (Å²) >= 11 is 6.39. The second-order valence-corrected chi connectivity index (χ2v) is 6.22. The average Bonchev–Trinajstić information content (AvgIpc) is 3.27. The first-order valence-corrected chi connectivity index (χ1v) is 7.65. The van der Waals surface area contributed by atoms with E-state index in [1.54, 1.807) is 0 Å². The maximum absolute atomic E-state index is 6.39. The number of pyridine rings is 1. The van der Waals surface area contributed by atoms with Crippen LogP contribution >= 0.6 is 11.6 Å². The fourth-order valence-corrected chi connectivity index (χ4v) is 3.14. The number of halogens is 1. The van der Waals surface area contributed by atoms with Crippen LogP contribution in [0.1, 0.15) is 35.5 Å². The molecule has 2 N–H and O–H groups in total. The Labute approximate surface area is 133 Å². The van der Waals surface area contributed by atoms with E-state index in [9.17, 15) is 0 Å². The highest BCUT2D eigenvalue weighted by atomic mass is 35.5. The van der Waals surface area contributed by atoms with E-state index >= 15 is 0 Å². The second kappa shape index (κ2) is 4.92. The predicted molar refractivity (Wildman–Crippen MR) is 88.0 cm³/mol. The Balaban J connectivity index is 1.71. The molecule has 110 valence electrons. The van der Waals surface area contributed by atoms with E-state index < -0.39 is 0 Å². The highest BCUT2D eigenvalue weighted by molar-refractivity contribution is 6.35. The van der Waals surface area contributed by atoms with Gasteiger partial charge < -0.3 is 5.73 Å². The third-order valence-corrected chi connectivity index (χ3v) is 4.43. The van der Waals surface area contributed by atoms with Gasteiger partial charge in [0.05, 0.1) is 10.5 Å². The zero-order chi connectivity index (χ0) is 15.3. The summed E-state index contributed by atoms with van der Waals surface area (Å²) in [4.78, 5) is 13.6. The first kappa shape index (κ1) is 13.5. The molecular weight excluding hydrogens is 296 g/mol. The molecule has 2 aromatic heterocycles. The Morgan fingerprint density at radius 2 is 2.00 bits per heavy atom. The topological polar surface area (TPSA) is 64.7 Å². The van der Waals surface area contributed by atoms with Crippen molar-refractivity contribution in [3.63, 3.8) is 0 Å². The van der Waals surface area contributed by atoms with Crippen molar-refractivity contribution in [3.05, 3.63) is 58.8 Å². The van der Waals surface area contributed by atoms with Crippen molar-refractivity contribution < 1.29 is 0 Å². The summed E-state index contributed by atoms with van der Waals surface area (Å²) in [5.41, 5.74) is 9.38.